The van der Waals surface area contributed by atoms with Crippen molar-refractivity contribution in [1.29, 1.82) is 0 Å². The number of rotatable bonds is 1. The third-order valence-corrected chi connectivity index (χ3v) is 3.89. The molecule has 1 aliphatic carbocycles. The Kier molecular flexibility index (Phi) is 3.48. The molecule has 0 saturated heterocycles. The first-order valence-corrected chi connectivity index (χ1v) is 6.56. The summed E-state index contributed by atoms with van der Waals surface area (Å²) in [5, 5.41) is 0. The highest BCUT2D eigenvalue weighted by atomic mass is 79.9. The molecule has 0 spiro atoms. The van der Waals surface area contributed by atoms with Crippen LogP contribution in [-0.2, 0) is 9.59 Å². The molecule has 0 bridgehead atoms. The van der Waals surface area contributed by atoms with E-state index < -0.39 is 0 Å². The van der Waals surface area contributed by atoms with Gasteiger partial charge in [0.2, 0.25) is 0 Å². The van der Waals surface area contributed by atoms with Crippen LogP contribution in [-0.4, -0.2) is 11.6 Å². The van der Waals surface area contributed by atoms with Crippen LogP contribution in [0.2, 0.25) is 0 Å². The van der Waals surface area contributed by atoms with Crippen LogP contribution in [0.25, 0.3) is 0 Å². The number of benzene rings is 1. The molecule has 2 nitrogen and oxygen atoms in total. The maximum Gasteiger partial charge on any atom is 0.140 e. The van der Waals surface area contributed by atoms with Crippen LogP contribution in [0.3, 0.4) is 0 Å². The maximum atomic E-state index is 11.5. The molecule has 0 unspecified atom stereocenters. The Morgan fingerprint density at radius 1 is 1.12 bits per heavy atom. The molecule has 1 aromatic rings. The fourth-order valence-electron chi connectivity index (χ4n) is 2.63. The van der Waals surface area contributed by atoms with E-state index in [0.717, 1.165) is 15.6 Å². The maximum absolute atomic E-state index is 11.5. The van der Waals surface area contributed by atoms with Gasteiger partial charge in [0.25, 0.3) is 0 Å². The van der Waals surface area contributed by atoms with E-state index >= 15 is 0 Å². The summed E-state index contributed by atoms with van der Waals surface area (Å²) in [7, 11) is 0. The summed E-state index contributed by atoms with van der Waals surface area (Å²) in [5.74, 6) is 0.190. The van der Waals surface area contributed by atoms with Gasteiger partial charge in [-0.25, -0.2) is 0 Å². The van der Waals surface area contributed by atoms with Crippen molar-refractivity contribution in [3.63, 3.8) is 0 Å². The average Bonchev–Trinajstić information content (AvgIpc) is 2.13. The van der Waals surface area contributed by atoms with Crippen molar-refractivity contribution >= 4 is 27.5 Å². The largest absolute Gasteiger partial charge is 0.299 e. The molecule has 1 aromatic carbocycles. The number of halogens is 1. The van der Waals surface area contributed by atoms with E-state index in [4.69, 9.17) is 0 Å². The van der Waals surface area contributed by atoms with E-state index in [9.17, 15) is 9.59 Å². The van der Waals surface area contributed by atoms with E-state index in [-0.39, 0.29) is 23.9 Å². The highest BCUT2D eigenvalue weighted by Crippen LogP contribution is 2.36. The first-order chi connectivity index (χ1) is 7.97. The van der Waals surface area contributed by atoms with Crippen LogP contribution in [0, 0.1) is 13.8 Å². The second-order valence-electron chi connectivity index (χ2n) is 4.84. The molecule has 17 heavy (non-hydrogen) atoms. The normalized spacial score (nSPS) is 17.6. The quantitative estimate of drug-likeness (QED) is 0.743. The molecule has 90 valence electrons. The van der Waals surface area contributed by atoms with Gasteiger partial charge in [-0.2, -0.15) is 0 Å². The molecule has 0 radical (unpaired) electrons. The lowest BCUT2D eigenvalue weighted by Crippen LogP contribution is -2.22. The topological polar surface area (TPSA) is 34.1 Å². The second-order valence-corrected chi connectivity index (χ2v) is 5.69. The van der Waals surface area contributed by atoms with Crippen LogP contribution in [0.15, 0.2) is 16.6 Å². The third-order valence-electron chi connectivity index (χ3n) is 3.23. The van der Waals surface area contributed by atoms with E-state index in [1.165, 1.54) is 5.56 Å². The Labute approximate surface area is 110 Å². The van der Waals surface area contributed by atoms with Gasteiger partial charge in [0.15, 0.2) is 0 Å². The van der Waals surface area contributed by atoms with Gasteiger partial charge in [-0.3, -0.25) is 9.59 Å². The first kappa shape index (κ1) is 12.5. The molecule has 0 aliphatic heterocycles. The number of Topliss-reactive ketones (excluding diaryl/α,β-unsaturated/α-hetero) is 2. The van der Waals surface area contributed by atoms with Crippen molar-refractivity contribution < 1.29 is 9.59 Å². The summed E-state index contributed by atoms with van der Waals surface area (Å²) in [5.41, 5.74) is 3.47. The van der Waals surface area contributed by atoms with Crippen LogP contribution in [0.1, 0.15) is 41.9 Å². The SMILES string of the molecule is Cc1cc(C)c(C2CC(=O)CC(=O)C2)c(Br)c1. The lowest BCUT2D eigenvalue weighted by Gasteiger charge is -2.23. The lowest BCUT2D eigenvalue weighted by molar-refractivity contribution is -0.130. The molecule has 2 rings (SSSR count). The molecule has 0 atom stereocenters. The monoisotopic (exact) mass is 294 g/mol. The molecular formula is C14H15BrO2. The van der Waals surface area contributed by atoms with Gasteiger partial charge in [0, 0.05) is 17.3 Å². The Balaban J connectivity index is 2.40. The van der Waals surface area contributed by atoms with Crippen molar-refractivity contribution in [2.45, 2.75) is 39.0 Å². The molecular weight excluding hydrogens is 280 g/mol. The van der Waals surface area contributed by atoms with Crippen molar-refractivity contribution in [2.24, 2.45) is 0 Å². The summed E-state index contributed by atoms with van der Waals surface area (Å²) >= 11 is 3.55. The highest BCUT2D eigenvalue weighted by Gasteiger charge is 2.28. The number of hydrogen-bond acceptors (Lipinski definition) is 2. The van der Waals surface area contributed by atoms with Crippen LogP contribution in [0.5, 0.6) is 0 Å². The highest BCUT2D eigenvalue weighted by molar-refractivity contribution is 9.10. The Morgan fingerprint density at radius 2 is 1.71 bits per heavy atom. The fraction of sp³-hybridized carbons (Fsp3) is 0.429. The molecule has 1 aliphatic rings. The van der Waals surface area contributed by atoms with Gasteiger partial charge < -0.3 is 0 Å². The molecule has 1 fully saturated rings. The van der Waals surface area contributed by atoms with Crippen molar-refractivity contribution in [3.8, 4) is 0 Å². The number of aryl methyl sites for hydroxylation is 2. The van der Waals surface area contributed by atoms with E-state index in [0.29, 0.717) is 12.8 Å². The summed E-state index contributed by atoms with van der Waals surface area (Å²) in [4.78, 5) is 23.0. The minimum atomic E-state index is 0.0544. The Bertz CT molecular complexity index is 452. The minimum absolute atomic E-state index is 0.0544. The van der Waals surface area contributed by atoms with Crippen molar-refractivity contribution in [2.75, 3.05) is 0 Å². The predicted octanol–water partition coefficient (Wildman–Crippen LogP) is 3.47. The standard InChI is InChI=1S/C14H15BrO2/c1-8-3-9(2)14(13(15)4-8)10-5-11(16)7-12(17)6-10/h3-4,10H,5-7H2,1-2H3. The van der Waals surface area contributed by atoms with E-state index in [2.05, 4.69) is 22.0 Å². The summed E-state index contributed by atoms with van der Waals surface area (Å²) < 4.78 is 1.02. The van der Waals surface area contributed by atoms with Crippen LogP contribution < -0.4 is 0 Å². The summed E-state index contributed by atoms with van der Waals surface area (Å²) in [6.45, 7) is 4.08. The molecule has 0 heterocycles. The van der Waals surface area contributed by atoms with Gasteiger partial charge in [-0.15, -0.1) is 0 Å². The molecule has 0 amide bonds. The van der Waals surface area contributed by atoms with E-state index in [1.807, 2.05) is 19.9 Å². The van der Waals surface area contributed by atoms with Gasteiger partial charge in [-0.1, -0.05) is 22.0 Å². The predicted molar refractivity (Wildman–Crippen MR) is 70.2 cm³/mol. The van der Waals surface area contributed by atoms with Gasteiger partial charge in [0.05, 0.1) is 6.42 Å². The van der Waals surface area contributed by atoms with Gasteiger partial charge in [-0.05, 0) is 42.5 Å². The van der Waals surface area contributed by atoms with Crippen LogP contribution >= 0.6 is 15.9 Å². The third kappa shape index (κ3) is 2.65. The van der Waals surface area contributed by atoms with Gasteiger partial charge in [0.1, 0.15) is 11.6 Å². The fourth-order valence-corrected chi connectivity index (χ4v) is 3.63. The molecule has 3 heteroatoms. The zero-order valence-electron chi connectivity index (χ0n) is 10.0. The number of ketones is 2. The van der Waals surface area contributed by atoms with Crippen molar-refractivity contribution in [1.82, 2.24) is 0 Å². The second kappa shape index (κ2) is 4.73. The molecule has 0 N–H and O–H groups in total. The first-order valence-electron chi connectivity index (χ1n) is 5.77. The number of carbonyl (C=O) groups is 2. The van der Waals surface area contributed by atoms with Gasteiger partial charge >= 0.3 is 0 Å². The van der Waals surface area contributed by atoms with Crippen LogP contribution in [0.4, 0.5) is 0 Å². The lowest BCUT2D eigenvalue weighted by atomic mass is 9.81. The molecule has 0 aromatic heterocycles. The zero-order chi connectivity index (χ0) is 12.6. The summed E-state index contributed by atoms with van der Waals surface area (Å²) in [6, 6.07) is 4.15. The summed E-state index contributed by atoms with van der Waals surface area (Å²) in [6.07, 6.45) is 1.11. The molecule has 1 saturated carbocycles. The number of carbonyl (C=O) groups excluding carboxylic acids is 2. The number of hydrogen-bond donors (Lipinski definition) is 0. The average molecular weight is 295 g/mol. The smallest absolute Gasteiger partial charge is 0.140 e. The Morgan fingerprint density at radius 3 is 2.24 bits per heavy atom. The zero-order valence-corrected chi connectivity index (χ0v) is 11.6. The Hall–Kier alpha value is -0.960. The van der Waals surface area contributed by atoms with Crippen molar-refractivity contribution in [3.05, 3.63) is 33.3 Å². The van der Waals surface area contributed by atoms with E-state index in [1.54, 1.807) is 0 Å². The minimum Gasteiger partial charge on any atom is -0.299 e.